The second-order valence-electron chi connectivity index (χ2n) is 17.9. The molecule has 6 nitrogen and oxygen atoms in total. The van der Waals surface area contributed by atoms with Crippen LogP contribution < -0.4 is 14.5 Å². The standard InChI is InChI=1S/C58H52BN5O/c1-57(2,3)42-27-25-41(26-28-42)55-56(49(40-17-8-7-9-18-40)38-61-34-15-14-32-59(55)61)63-39-62(51-23-12-13-24-52(51)63)44-19-16-20-45(36-44)65-46-29-30-48-47-21-10-11-22-50(47)64(53(48)37-46)54-35-43(31-33-60-54)58(4,5)6/h7-38H,39H2,1-6H3/i1D3,2D3,3D3. The molecule has 0 saturated heterocycles. The van der Waals surface area contributed by atoms with Crippen molar-refractivity contribution in [3.05, 3.63) is 222 Å². The lowest BCUT2D eigenvalue weighted by molar-refractivity contribution is 0.483. The first-order valence-electron chi connectivity index (χ1n) is 26.4. The van der Waals surface area contributed by atoms with E-state index in [1.807, 2.05) is 79.1 Å². The molecule has 6 aromatic carbocycles. The minimum Gasteiger partial charge on any atom is -0.457 e. The van der Waals surface area contributed by atoms with Gasteiger partial charge < -0.3 is 19.3 Å². The molecule has 0 N–H and O–H groups in total. The van der Waals surface area contributed by atoms with Crippen molar-refractivity contribution in [2.24, 2.45) is 0 Å². The van der Waals surface area contributed by atoms with E-state index in [0.29, 0.717) is 23.7 Å². The van der Waals surface area contributed by atoms with Crippen molar-refractivity contribution in [3.63, 3.8) is 0 Å². The predicted molar refractivity (Wildman–Crippen MR) is 272 cm³/mol. The Labute approximate surface area is 395 Å². The second kappa shape index (κ2) is 15.6. The average Bonchev–Trinajstić information content (AvgIpc) is 3.91. The van der Waals surface area contributed by atoms with E-state index in [1.165, 1.54) is 17.7 Å². The quantitative estimate of drug-likeness (QED) is 0.149. The van der Waals surface area contributed by atoms with Crippen molar-refractivity contribution in [2.45, 2.75) is 52.2 Å². The number of rotatable bonds is 7. The molecule has 2 aromatic heterocycles. The second-order valence-corrected chi connectivity index (χ2v) is 17.9. The molecular formula is C58H52BN5O. The first kappa shape index (κ1) is 31.4. The molecule has 65 heavy (non-hydrogen) atoms. The van der Waals surface area contributed by atoms with Crippen molar-refractivity contribution < 1.29 is 17.1 Å². The maximum Gasteiger partial charge on any atom is 0.322 e. The van der Waals surface area contributed by atoms with E-state index in [4.69, 9.17) is 22.1 Å². The highest BCUT2D eigenvalue weighted by Crippen LogP contribution is 2.49. The summed E-state index contributed by atoms with van der Waals surface area (Å²) in [6, 6.07) is 51.2. The Morgan fingerprint density at radius 2 is 1.35 bits per heavy atom. The van der Waals surface area contributed by atoms with E-state index in [2.05, 4.69) is 131 Å². The van der Waals surface area contributed by atoms with Gasteiger partial charge >= 0.3 is 6.85 Å². The number of hydrogen-bond donors (Lipinski definition) is 0. The lowest BCUT2D eigenvalue weighted by atomic mass is 9.48. The number of benzene rings is 6. The highest BCUT2D eigenvalue weighted by molar-refractivity contribution is 6.82. The largest absolute Gasteiger partial charge is 0.457 e. The third kappa shape index (κ3) is 7.21. The highest BCUT2D eigenvalue weighted by Gasteiger charge is 2.39. The van der Waals surface area contributed by atoms with Gasteiger partial charge in [0, 0.05) is 64.6 Å². The molecule has 5 heterocycles. The molecular weight excluding hydrogens is 793 g/mol. The summed E-state index contributed by atoms with van der Waals surface area (Å²) in [6.45, 7) is -3.55. The van der Waals surface area contributed by atoms with Crippen molar-refractivity contribution in [1.29, 1.82) is 0 Å². The van der Waals surface area contributed by atoms with Crippen molar-refractivity contribution >= 4 is 56.8 Å². The zero-order valence-corrected chi connectivity index (χ0v) is 36.4. The third-order valence-electron chi connectivity index (χ3n) is 12.6. The number of anilines is 3. The minimum absolute atomic E-state index is 0.0652. The van der Waals surface area contributed by atoms with Gasteiger partial charge in [0.25, 0.3) is 0 Å². The van der Waals surface area contributed by atoms with Crippen LogP contribution in [0.15, 0.2) is 200 Å². The molecule has 11 rings (SSSR count). The zero-order valence-electron chi connectivity index (χ0n) is 45.4. The Bertz CT molecular complexity index is 3570. The first-order valence-corrected chi connectivity index (χ1v) is 21.9. The van der Waals surface area contributed by atoms with Crippen LogP contribution in [0.2, 0.25) is 0 Å². The smallest absolute Gasteiger partial charge is 0.322 e. The fraction of sp³-hybridized carbons (Fsp3) is 0.155. The first-order chi connectivity index (χ1) is 35.2. The number of aromatic nitrogens is 2. The van der Waals surface area contributed by atoms with Crippen LogP contribution in [-0.2, 0) is 10.8 Å². The fourth-order valence-electron chi connectivity index (χ4n) is 9.45. The van der Waals surface area contributed by atoms with Crippen LogP contribution in [0.3, 0.4) is 0 Å². The maximum absolute atomic E-state index is 8.41. The zero-order chi connectivity index (χ0) is 52.0. The lowest BCUT2D eigenvalue weighted by Crippen LogP contribution is -2.40. The number of pyridine rings is 1. The van der Waals surface area contributed by atoms with Crippen molar-refractivity contribution in [2.75, 3.05) is 16.5 Å². The van der Waals surface area contributed by atoms with Gasteiger partial charge in [0.1, 0.15) is 24.0 Å². The number of hydrogen-bond acceptors (Lipinski definition) is 5. The number of nitrogens with zero attached hydrogens (tertiary/aromatic N) is 5. The topological polar surface area (TPSA) is 36.8 Å². The van der Waals surface area contributed by atoms with Gasteiger partial charge in [-0.2, -0.15) is 0 Å². The molecule has 7 heteroatoms. The molecule has 0 unspecified atom stereocenters. The Kier molecular flexibility index (Phi) is 7.54. The van der Waals surface area contributed by atoms with Crippen LogP contribution in [0.4, 0.5) is 17.1 Å². The normalized spacial score (nSPS) is 17.6. The van der Waals surface area contributed by atoms with E-state index in [-0.39, 0.29) is 17.8 Å². The molecule has 0 amide bonds. The van der Waals surface area contributed by atoms with E-state index < -0.39 is 26.0 Å². The Morgan fingerprint density at radius 1 is 0.615 bits per heavy atom. The van der Waals surface area contributed by atoms with Gasteiger partial charge in [-0.3, -0.25) is 4.57 Å². The Morgan fingerprint density at radius 3 is 2.15 bits per heavy atom. The molecule has 318 valence electrons. The molecule has 3 aliphatic rings. The summed E-state index contributed by atoms with van der Waals surface area (Å²) in [5.41, 5.74) is 6.72. The summed E-state index contributed by atoms with van der Waals surface area (Å²) < 4.78 is 84.7. The van der Waals surface area contributed by atoms with Gasteiger partial charge in [-0.25, -0.2) is 4.98 Å². The van der Waals surface area contributed by atoms with Gasteiger partial charge in [-0.15, -0.1) is 0 Å². The number of para-hydroxylation sites is 3. The monoisotopic (exact) mass is 854 g/mol. The molecule has 0 fully saturated rings. The average molecular weight is 855 g/mol. The van der Waals surface area contributed by atoms with Crippen LogP contribution >= 0.6 is 0 Å². The number of ether oxygens (including phenoxy) is 1. The molecule has 0 bridgehead atoms. The van der Waals surface area contributed by atoms with E-state index >= 15 is 0 Å². The molecule has 8 aromatic rings. The summed E-state index contributed by atoms with van der Waals surface area (Å²) in [7, 11) is 0. The molecule has 3 aliphatic heterocycles. The number of allylic oxidation sites excluding steroid dienone is 3. The summed E-state index contributed by atoms with van der Waals surface area (Å²) in [6.07, 6.45) is 9.94. The molecule has 0 atom stereocenters. The Balaban J connectivity index is 1.01. The van der Waals surface area contributed by atoms with E-state index in [9.17, 15) is 0 Å². The molecule has 0 saturated carbocycles. The van der Waals surface area contributed by atoms with Gasteiger partial charge in [-0.05, 0) is 105 Å². The maximum atomic E-state index is 8.41. The summed E-state index contributed by atoms with van der Waals surface area (Å²) in [5.74, 6) is 4.23. The van der Waals surface area contributed by atoms with Crippen molar-refractivity contribution in [1.82, 2.24) is 14.4 Å². The van der Waals surface area contributed by atoms with Gasteiger partial charge in [0.15, 0.2) is 0 Å². The van der Waals surface area contributed by atoms with Crippen LogP contribution in [0, 0.1) is 0 Å². The van der Waals surface area contributed by atoms with Crippen molar-refractivity contribution in [3.8, 4) is 17.3 Å². The fourth-order valence-corrected chi connectivity index (χ4v) is 9.45. The van der Waals surface area contributed by atoms with Crippen LogP contribution in [-0.4, -0.2) is 27.9 Å². The summed E-state index contributed by atoms with van der Waals surface area (Å²) in [5, 5.41) is 2.21. The SMILES string of the molecule is [2H]C([2H])([2H])C(c1ccc(C2=C(N3CN(c4cccc(Oc5ccc6c7ccccc7n(-c7cc(C(C)(C)C)ccn7)c6c5)c4)c4ccccc43)C(c3ccccc3)=CN3C=CC=CB23)cc1)(C([2H])([2H])[2H])C([2H])([2H])[2H]. The molecule has 0 aliphatic carbocycles. The van der Waals surface area contributed by atoms with E-state index in [0.717, 1.165) is 67.0 Å². The highest BCUT2D eigenvalue weighted by atomic mass is 16.5. The number of fused-ring (bicyclic) bond motifs is 5. The van der Waals surface area contributed by atoms with Gasteiger partial charge in [-0.1, -0.05) is 144 Å². The van der Waals surface area contributed by atoms with Gasteiger partial charge in [0.2, 0.25) is 0 Å². The summed E-state index contributed by atoms with van der Waals surface area (Å²) in [4.78, 5) is 11.5. The Hall–Kier alpha value is -7.51. The summed E-state index contributed by atoms with van der Waals surface area (Å²) >= 11 is 0. The van der Waals surface area contributed by atoms with E-state index in [1.54, 1.807) is 12.1 Å². The third-order valence-corrected chi connectivity index (χ3v) is 12.6. The molecule has 0 radical (unpaired) electrons. The lowest BCUT2D eigenvalue weighted by Gasteiger charge is -2.38. The predicted octanol–water partition coefficient (Wildman–Crippen LogP) is 14.4. The molecule has 0 spiro atoms. The van der Waals surface area contributed by atoms with Crippen LogP contribution in [0.5, 0.6) is 11.5 Å². The van der Waals surface area contributed by atoms with Crippen LogP contribution in [0.25, 0.3) is 38.7 Å². The van der Waals surface area contributed by atoms with Crippen LogP contribution in [0.1, 0.15) is 75.9 Å². The minimum atomic E-state index is -3.39. The van der Waals surface area contributed by atoms with Gasteiger partial charge in [0.05, 0.1) is 22.4 Å².